The Kier molecular flexibility index (Phi) is 9.93. The number of unbranched alkanes of at least 4 members (excludes halogenated alkanes) is 1. The summed E-state index contributed by atoms with van der Waals surface area (Å²) in [5, 5.41) is 0. The average molecular weight is 277 g/mol. The molecule has 0 rings (SSSR count). The van der Waals surface area contributed by atoms with E-state index in [0.29, 0.717) is 0 Å². The molecule has 0 amide bonds. The molecule has 0 saturated heterocycles. The second-order valence-electron chi connectivity index (χ2n) is 3.54. The molecule has 2 heteroatoms. The number of carbonyl (C=O) groups excluding carboxylic acids is 1. The third kappa shape index (κ3) is 7.14. The predicted octanol–water partition coefficient (Wildman–Crippen LogP) is 3.01. The second-order valence-corrected chi connectivity index (χ2v) is 13.4. The summed E-state index contributed by atoms with van der Waals surface area (Å²) >= 11 is -1.17. The van der Waals surface area contributed by atoms with Crippen molar-refractivity contribution < 1.29 is 4.79 Å². The molecule has 72 valence electrons. The molecule has 0 bridgehead atoms. The Morgan fingerprint density at radius 3 is 2.33 bits per heavy atom. The molecule has 1 unspecified atom stereocenters. The maximum absolute atomic E-state index is 10.2. The van der Waals surface area contributed by atoms with E-state index in [4.69, 9.17) is 0 Å². The summed E-state index contributed by atoms with van der Waals surface area (Å²) in [5.41, 5.74) is 0. The summed E-state index contributed by atoms with van der Waals surface area (Å²) in [4.78, 5) is 10.2. The maximum atomic E-state index is 10.2. The zero-order valence-electron chi connectivity index (χ0n) is 8.51. The summed E-state index contributed by atoms with van der Waals surface area (Å²) in [5.74, 6) is 0. The van der Waals surface area contributed by atoms with Crippen molar-refractivity contribution in [2.75, 3.05) is 0 Å². The van der Waals surface area contributed by atoms with Gasteiger partial charge in [-0.3, -0.25) is 0 Å². The molecular weight excluding hydrogens is 255 g/mol. The summed E-state index contributed by atoms with van der Waals surface area (Å²) in [6, 6.07) is 0. The van der Waals surface area contributed by atoms with E-state index in [1.54, 1.807) is 0 Å². The van der Waals surface area contributed by atoms with Crippen LogP contribution >= 0.6 is 0 Å². The van der Waals surface area contributed by atoms with Crippen LogP contribution in [0.25, 0.3) is 0 Å². The third-order valence-electron chi connectivity index (χ3n) is 2.36. The minimum absolute atomic E-state index is 0.852. The molecule has 0 aromatic rings. The van der Waals surface area contributed by atoms with E-state index >= 15 is 0 Å². The van der Waals surface area contributed by atoms with Gasteiger partial charge >= 0.3 is 83.7 Å². The second kappa shape index (κ2) is 9.56. The van der Waals surface area contributed by atoms with E-state index in [2.05, 4.69) is 13.8 Å². The molecule has 0 aliphatic rings. The molecule has 0 aliphatic carbocycles. The van der Waals surface area contributed by atoms with Crippen molar-refractivity contribution in [3.63, 3.8) is 0 Å². The molecule has 0 radical (unpaired) electrons. The Balaban J connectivity index is 3.46. The van der Waals surface area contributed by atoms with Crippen molar-refractivity contribution in [2.45, 2.75) is 52.8 Å². The summed E-state index contributed by atoms with van der Waals surface area (Å²) in [7, 11) is 0. The Bertz CT molecular complexity index is 104. The number of aldehydes is 1. The van der Waals surface area contributed by atoms with Crippen molar-refractivity contribution in [3.05, 3.63) is 0 Å². The van der Waals surface area contributed by atoms with Crippen LogP contribution in [0.3, 0.4) is 0 Å². The molecule has 0 spiro atoms. The Morgan fingerprint density at radius 2 is 1.83 bits per heavy atom. The van der Waals surface area contributed by atoms with Crippen LogP contribution in [0.2, 0.25) is 13.3 Å². The van der Waals surface area contributed by atoms with Crippen LogP contribution in [0.1, 0.15) is 39.5 Å². The molecule has 0 aromatic carbocycles. The summed E-state index contributed by atoms with van der Waals surface area (Å²) < 4.78 is 4.36. The number of rotatable bonds is 8. The average Bonchev–Trinajstić information content (AvgIpc) is 2.10. The monoisotopic (exact) mass is 278 g/mol. The van der Waals surface area contributed by atoms with Gasteiger partial charge in [0.15, 0.2) is 0 Å². The van der Waals surface area contributed by atoms with Crippen LogP contribution < -0.4 is 0 Å². The standard InChI is InChI=1S/C4H9.C3H5O.C3H7.Sn.H/c1-3-4-2;1-2-3-4;1-3-2;;/h1,3-4H2,2H3;3H,1-2H2;1,3H2,2H3;;. The number of carbonyl (C=O) groups is 1. The summed E-state index contributed by atoms with van der Waals surface area (Å²) in [6.45, 7) is 4.53. The van der Waals surface area contributed by atoms with Crippen LogP contribution in [0.5, 0.6) is 0 Å². The van der Waals surface area contributed by atoms with E-state index in [9.17, 15) is 4.79 Å². The molecule has 1 nitrogen and oxygen atoms in total. The van der Waals surface area contributed by atoms with Gasteiger partial charge < -0.3 is 0 Å². The van der Waals surface area contributed by atoms with E-state index in [1.807, 2.05) is 0 Å². The Morgan fingerprint density at radius 1 is 1.08 bits per heavy atom. The van der Waals surface area contributed by atoms with Crippen LogP contribution in [-0.4, -0.2) is 26.0 Å². The third-order valence-corrected chi connectivity index (χ3v) is 13.1. The first-order valence-corrected chi connectivity index (χ1v) is 12.3. The quantitative estimate of drug-likeness (QED) is 0.492. The van der Waals surface area contributed by atoms with E-state index < -0.39 is 19.8 Å². The first-order valence-electron chi connectivity index (χ1n) is 5.28. The fourth-order valence-corrected chi connectivity index (χ4v) is 11.0. The summed E-state index contributed by atoms with van der Waals surface area (Å²) in [6.07, 6.45) is 6.05. The molecule has 0 N–H and O–H groups in total. The molecular formula is C10H22OSn. The van der Waals surface area contributed by atoms with Crippen LogP contribution in [0.15, 0.2) is 0 Å². The first-order chi connectivity index (χ1) is 5.85. The van der Waals surface area contributed by atoms with Gasteiger partial charge in [0.2, 0.25) is 0 Å². The van der Waals surface area contributed by atoms with Gasteiger partial charge in [-0.25, -0.2) is 0 Å². The Hall–Kier alpha value is 0.469. The zero-order chi connectivity index (χ0) is 9.23. The molecule has 0 aliphatic heterocycles. The molecule has 12 heavy (non-hydrogen) atoms. The predicted molar refractivity (Wildman–Crippen MR) is 57.5 cm³/mol. The van der Waals surface area contributed by atoms with Crippen molar-refractivity contribution in [2.24, 2.45) is 0 Å². The van der Waals surface area contributed by atoms with Gasteiger partial charge in [-0.2, -0.15) is 0 Å². The topological polar surface area (TPSA) is 17.1 Å². The molecule has 0 heterocycles. The fraction of sp³-hybridized carbons (Fsp3) is 0.900. The molecule has 0 aromatic heterocycles. The van der Waals surface area contributed by atoms with Crippen molar-refractivity contribution >= 4 is 26.0 Å². The Labute approximate surface area is 83.7 Å². The first kappa shape index (κ1) is 12.5. The van der Waals surface area contributed by atoms with Gasteiger partial charge in [-0.1, -0.05) is 0 Å². The van der Waals surface area contributed by atoms with Gasteiger partial charge in [0.05, 0.1) is 0 Å². The zero-order valence-corrected chi connectivity index (χ0v) is 11.8. The van der Waals surface area contributed by atoms with Crippen molar-refractivity contribution in [1.82, 2.24) is 0 Å². The van der Waals surface area contributed by atoms with Crippen molar-refractivity contribution in [3.8, 4) is 0 Å². The van der Waals surface area contributed by atoms with E-state index in [-0.39, 0.29) is 0 Å². The number of hydrogen-bond acceptors (Lipinski definition) is 1. The van der Waals surface area contributed by atoms with E-state index in [0.717, 1.165) is 12.7 Å². The van der Waals surface area contributed by atoms with Gasteiger partial charge in [-0.15, -0.1) is 0 Å². The van der Waals surface area contributed by atoms with Crippen molar-refractivity contribution in [1.29, 1.82) is 0 Å². The van der Waals surface area contributed by atoms with E-state index in [1.165, 1.54) is 32.6 Å². The van der Waals surface area contributed by atoms with Gasteiger partial charge in [0, 0.05) is 0 Å². The molecule has 0 saturated carbocycles. The van der Waals surface area contributed by atoms with Gasteiger partial charge in [0.25, 0.3) is 0 Å². The minimum atomic E-state index is -1.17. The van der Waals surface area contributed by atoms with Crippen LogP contribution in [0, 0.1) is 0 Å². The molecule has 1 atom stereocenters. The van der Waals surface area contributed by atoms with Gasteiger partial charge in [0.1, 0.15) is 0 Å². The van der Waals surface area contributed by atoms with Crippen LogP contribution in [-0.2, 0) is 4.79 Å². The SMILES string of the molecule is CCC[CH2][SnH]([CH2]CC)[CH2]CC=O. The fourth-order valence-electron chi connectivity index (χ4n) is 1.64. The molecule has 0 fully saturated rings. The van der Waals surface area contributed by atoms with Crippen LogP contribution in [0.4, 0.5) is 0 Å². The number of hydrogen-bond donors (Lipinski definition) is 0. The van der Waals surface area contributed by atoms with Gasteiger partial charge in [-0.05, 0) is 0 Å². The normalized spacial score (nSPS) is 12.8.